The Bertz CT molecular complexity index is 366. The van der Waals surface area contributed by atoms with Gasteiger partial charge in [-0.05, 0) is 48.6 Å². The molecule has 1 aromatic carbocycles. The molecule has 0 saturated carbocycles. The third kappa shape index (κ3) is 3.17. The second-order valence-corrected chi connectivity index (χ2v) is 5.14. The quantitative estimate of drug-likeness (QED) is 0.586. The zero-order valence-electron chi connectivity index (χ0n) is 8.59. The van der Waals surface area contributed by atoms with Crippen LogP contribution in [-0.4, -0.2) is 12.4 Å². The molecule has 0 aliphatic heterocycles. The van der Waals surface area contributed by atoms with E-state index in [9.17, 15) is 4.79 Å². The van der Waals surface area contributed by atoms with E-state index in [1.165, 1.54) is 0 Å². The van der Waals surface area contributed by atoms with E-state index in [1.807, 2.05) is 25.1 Å². The Balaban J connectivity index is 3.17. The van der Waals surface area contributed by atoms with Crippen LogP contribution in [0.4, 0.5) is 0 Å². The molecule has 0 aliphatic carbocycles. The molecule has 0 saturated heterocycles. The highest BCUT2D eigenvalue weighted by atomic mass is 127. The zero-order valence-corrected chi connectivity index (χ0v) is 12.3. The molecule has 0 amide bonds. The van der Waals surface area contributed by atoms with E-state index in [-0.39, 0.29) is 10.6 Å². The lowest BCUT2D eigenvalue weighted by Crippen LogP contribution is -2.06. The molecule has 1 atom stereocenters. The Morgan fingerprint density at radius 1 is 1.60 bits per heavy atom. The highest BCUT2D eigenvalue weighted by molar-refractivity contribution is 14.1. The molecule has 0 radical (unpaired) electrons. The fraction of sp³-hybridized carbons (Fsp3) is 0.364. The molecule has 0 heterocycles. The molecule has 1 aromatic rings. The van der Waals surface area contributed by atoms with Crippen LogP contribution in [0.2, 0.25) is 0 Å². The average Bonchev–Trinajstić information content (AvgIpc) is 2.17. The Kier molecular flexibility index (Phi) is 5.05. The number of rotatable bonds is 4. The smallest absolute Gasteiger partial charge is 0.148 e. The van der Waals surface area contributed by atoms with Gasteiger partial charge < -0.3 is 4.74 Å². The van der Waals surface area contributed by atoms with Crippen molar-refractivity contribution in [1.29, 1.82) is 0 Å². The van der Waals surface area contributed by atoms with Gasteiger partial charge in [-0.2, -0.15) is 0 Å². The van der Waals surface area contributed by atoms with Crippen LogP contribution < -0.4 is 4.74 Å². The summed E-state index contributed by atoms with van der Waals surface area (Å²) < 4.78 is 6.54. The van der Waals surface area contributed by atoms with Crippen molar-refractivity contribution in [3.8, 4) is 5.75 Å². The number of carbonyl (C=O) groups is 1. The van der Waals surface area contributed by atoms with Gasteiger partial charge in [-0.25, -0.2) is 0 Å². The molecule has 1 unspecified atom stereocenters. The fourth-order valence-electron chi connectivity index (χ4n) is 1.25. The van der Waals surface area contributed by atoms with Gasteiger partial charge in [0.2, 0.25) is 0 Å². The van der Waals surface area contributed by atoms with E-state index in [1.54, 1.807) is 6.92 Å². The minimum absolute atomic E-state index is 0.0834. The number of ether oxygens (including phenoxy) is 1. The first-order valence-electron chi connectivity index (χ1n) is 4.63. The van der Waals surface area contributed by atoms with Crippen molar-refractivity contribution in [1.82, 2.24) is 0 Å². The van der Waals surface area contributed by atoms with Crippen molar-refractivity contribution in [2.75, 3.05) is 6.61 Å². The molecule has 15 heavy (non-hydrogen) atoms. The van der Waals surface area contributed by atoms with Crippen LogP contribution in [0.25, 0.3) is 0 Å². The molecule has 2 nitrogen and oxygen atoms in total. The van der Waals surface area contributed by atoms with Gasteiger partial charge in [-0.1, -0.05) is 22.0 Å². The summed E-state index contributed by atoms with van der Waals surface area (Å²) in [7, 11) is 0. The monoisotopic (exact) mass is 382 g/mol. The average molecular weight is 383 g/mol. The van der Waals surface area contributed by atoms with E-state index in [2.05, 4.69) is 38.5 Å². The third-order valence-electron chi connectivity index (χ3n) is 1.92. The van der Waals surface area contributed by atoms with Crippen LogP contribution in [0.15, 0.2) is 18.2 Å². The maximum Gasteiger partial charge on any atom is 0.148 e. The third-order valence-corrected chi connectivity index (χ3v) is 3.97. The molecule has 82 valence electrons. The number of ketones is 1. The Morgan fingerprint density at radius 3 is 2.80 bits per heavy atom. The predicted octanol–water partition coefficient (Wildman–Crippen LogP) is 3.71. The Hall–Kier alpha value is -0.100. The number of alkyl halides is 1. The van der Waals surface area contributed by atoms with Gasteiger partial charge in [-0.15, -0.1) is 0 Å². The Labute approximate surface area is 112 Å². The van der Waals surface area contributed by atoms with E-state index in [0.29, 0.717) is 6.61 Å². The summed E-state index contributed by atoms with van der Waals surface area (Å²) in [5, 5.41) is 0. The molecule has 0 N–H and O–H groups in total. The number of hydrogen-bond acceptors (Lipinski definition) is 2. The first-order chi connectivity index (χ1) is 7.07. The highest BCUT2D eigenvalue weighted by Gasteiger charge is 2.20. The number of benzene rings is 1. The van der Waals surface area contributed by atoms with Gasteiger partial charge in [0.15, 0.2) is 0 Å². The number of halogens is 2. The second-order valence-electron chi connectivity index (χ2n) is 3.06. The molecule has 1 rings (SSSR count). The van der Waals surface area contributed by atoms with Crippen LogP contribution in [0, 0.1) is 3.57 Å². The SMILES string of the molecule is CCOc1cccc(I)c1C(Br)C(C)=O. The second kappa shape index (κ2) is 5.84. The summed E-state index contributed by atoms with van der Waals surface area (Å²) in [5.41, 5.74) is 0.924. The van der Waals surface area contributed by atoms with Crippen molar-refractivity contribution in [2.24, 2.45) is 0 Å². The topological polar surface area (TPSA) is 26.3 Å². The van der Waals surface area contributed by atoms with Crippen LogP contribution >= 0.6 is 38.5 Å². The molecule has 0 aromatic heterocycles. The predicted molar refractivity (Wildman–Crippen MR) is 72.7 cm³/mol. The van der Waals surface area contributed by atoms with Gasteiger partial charge >= 0.3 is 0 Å². The lowest BCUT2D eigenvalue weighted by molar-refractivity contribution is -0.116. The van der Waals surface area contributed by atoms with E-state index in [0.717, 1.165) is 14.9 Å². The summed E-state index contributed by atoms with van der Waals surface area (Å²) in [5.74, 6) is 0.863. The van der Waals surface area contributed by atoms with Gasteiger partial charge in [0, 0.05) is 9.13 Å². The van der Waals surface area contributed by atoms with Crippen LogP contribution in [0.1, 0.15) is 24.2 Å². The van der Waals surface area contributed by atoms with Crippen LogP contribution in [-0.2, 0) is 4.79 Å². The number of carbonyl (C=O) groups excluding carboxylic acids is 1. The maximum atomic E-state index is 11.3. The van der Waals surface area contributed by atoms with Gasteiger partial charge in [0.25, 0.3) is 0 Å². The van der Waals surface area contributed by atoms with Gasteiger partial charge in [-0.3, -0.25) is 4.79 Å². The van der Waals surface area contributed by atoms with E-state index >= 15 is 0 Å². The molecular formula is C11H12BrIO2. The van der Waals surface area contributed by atoms with Crippen molar-refractivity contribution in [2.45, 2.75) is 18.7 Å². The van der Waals surface area contributed by atoms with Crippen LogP contribution in [0.5, 0.6) is 5.75 Å². The molecule has 0 bridgehead atoms. The molecule has 0 spiro atoms. The molecule has 0 fully saturated rings. The first-order valence-corrected chi connectivity index (χ1v) is 6.63. The molecule has 0 aliphatic rings. The zero-order chi connectivity index (χ0) is 11.4. The maximum absolute atomic E-state index is 11.3. The van der Waals surface area contributed by atoms with Crippen molar-refractivity contribution >= 4 is 44.3 Å². The minimum Gasteiger partial charge on any atom is -0.494 e. The van der Waals surface area contributed by atoms with E-state index in [4.69, 9.17) is 4.74 Å². The highest BCUT2D eigenvalue weighted by Crippen LogP contribution is 2.35. The minimum atomic E-state index is -0.285. The molecular weight excluding hydrogens is 371 g/mol. The van der Waals surface area contributed by atoms with Crippen molar-refractivity contribution in [3.63, 3.8) is 0 Å². The summed E-state index contributed by atoms with van der Waals surface area (Å²) in [6.45, 7) is 4.10. The number of Topliss-reactive ketones (excluding diaryl/α,β-unsaturated/α-hetero) is 1. The largest absolute Gasteiger partial charge is 0.494 e. The summed E-state index contributed by atoms with van der Waals surface area (Å²) in [4.78, 5) is 11.1. The first kappa shape index (κ1) is 13.0. The summed E-state index contributed by atoms with van der Waals surface area (Å²) in [6, 6.07) is 5.78. The van der Waals surface area contributed by atoms with Crippen molar-refractivity contribution in [3.05, 3.63) is 27.3 Å². The molecule has 4 heteroatoms. The van der Waals surface area contributed by atoms with Crippen LogP contribution in [0.3, 0.4) is 0 Å². The fourth-order valence-corrected chi connectivity index (χ4v) is 2.93. The van der Waals surface area contributed by atoms with E-state index < -0.39 is 0 Å². The van der Waals surface area contributed by atoms with Crippen molar-refractivity contribution < 1.29 is 9.53 Å². The summed E-state index contributed by atoms with van der Waals surface area (Å²) >= 11 is 5.60. The lowest BCUT2D eigenvalue weighted by atomic mass is 10.1. The van der Waals surface area contributed by atoms with Gasteiger partial charge in [0.1, 0.15) is 16.4 Å². The lowest BCUT2D eigenvalue weighted by Gasteiger charge is -2.14. The standard InChI is InChI=1S/C11H12BrIO2/c1-3-15-9-6-4-5-8(13)10(9)11(12)7(2)14/h4-6,11H,3H2,1-2H3. The van der Waals surface area contributed by atoms with Gasteiger partial charge in [0.05, 0.1) is 6.61 Å². The Morgan fingerprint density at radius 2 is 2.27 bits per heavy atom. The number of hydrogen-bond donors (Lipinski definition) is 0. The normalized spacial score (nSPS) is 12.3. The summed E-state index contributed by atoms with van der Waals surface area (Å²) in [6.07, 6.45) is 0.